The SMILES string of the molecule is Cc1ccc(-c2cccc3oc4ccc(-c5cc(CC6CCCC6)ccn5)cc4c23)cc1. The predicted molar refractivity (Wildman–Crippen MR) is 133 cm³/mol. The monoisotopic (exact) mass is 417 g/mol. The molecule has 0 unspecified atom stereocenters. The normalized spacial score (nSPS) is 14.5. The highest BCUT2D eigenvalue weighted by atomic mass is 16.3. The minimum atomic E-state index is 0.836. The van der Waals surface area contributed by atoms with Gasteiger partial charge in [0.25, 0.3) is 0 Å². The van der Waals surface area contributed by atoms with E-state index in [1.54, 1.807) is 0 Å². The number of hydrogen-bond acceptors (Lipinski definition) is 2. The molecule has 0 spiro atoms. The predicted octanol–water partition coefficient (Wildman–Crippen LogP) is 8.36. The third-order valence-corrected chi connectivity index (χ3v) is 6.98. The average molecular weight is 418 g/mol. The van der Waals surface area contributed by atoms with Crippen molar-refractivity contribution in [2.75, 3.05) is 0 Å². The van der Waals surface area contributed by atoms with Gasteiger partial charge >= 0.3 is 0 Å². The number of pyridine rings is 1. The van der Waals surface area contributed by atoms with Gasteiger partial charge in [-0.05, 0) is 72.4 Å². The lowest BCUT2D eigenvalue weighted by atomic mass is 9.96. The molecule has 5 aromatic rings. The highest BCUT2D eigenvalue weighted by Crippen LogP contribution is 2.38. The topological polar surface area (TPSA) is 26.0 Å². The van der Waals surface area contributed by atoms with Gasteiger partial charge in [0.15, 0.2) is 0 Å². The van der Waals surface area contributed by atoms with Gasteiger partial charge in [-0.1, -0.05) is 67.6 Å². The maximum atomic E-state index is 6.22. The van der Waals surface area contributed by atoms with Gasteiger partial charge in [0.2, 0.25) is 0 Å². The summed E-state index contributed by atoms with van der Waals surface area (Å²) in [7, 11) is 0. The average Bonchev–Trinajstić information content (AvgIpc) is 3.47. The van der Waals surface area contributed by atoms with Crippen molar-refractivity contribution in [2.24, 2.45) is 5.92 Å². The van der Waals surface area contributed by atoms with Crippen LogP contribution in [0.5, 0.6) is 0 Å². The summed E-state index contributed by atoms with van der Waals surface area (Å²) in [6.07, 6.45) is 8.64. The van der Waals surface area contributed by atoms with E-state index in [9.17, 15) is 0 Å². The Labute approximate surface area is 188 Å². The molecule has 3 aromatic carbocycles. The standard InChI is InChI=1S/C30H27NO/c1-20-9-11-23(12-10-20)25-7-4-8-29-30(25)26-19-24(13-14-28(26)32-29)27-18-22(15-16-31-27)17-21-5-2-3-6-21/h4,7-16,18-19,21H,2-3,5-6,17H2,1H3. The molecule has 2 nitrogen and oxygen atoms in total. The Hall–Kier alpha value is -3.39. The lowest BCUT2D eigenvalue weighted by molar-refractivity contribution is 0.546. The first-order valence-electron chi connectivity index (χ1n) is 11.7. The summed E-state index contributed by atoms with van der Waals surface area (Å²) in [5, 5.41) is 2.33. The first-order valence-corrected chi connectivity index (χ1v) is 11.7. The summed E-state index contributed by atoms with van der Waals surface area (Å²) in [6.45, 7) is 2.12. The minimum Gasteiger partial charge on any atom is -0.456 e. The number of rotatable bonds is 4. The number of fused-ring (bicyclic) bond motifs is 3. The zero-order chi connectivity index (χ0) is 21.5. The van der Waals surface area contributed by atoms with Crippen LogP contribution in [0.4, 0.5) is 0 Å². The van der Waals surface area contributed by atoms with E-state index in [2.05, 4.69) is 79.7 Å². The van der Waals surface area contributed by atoms with Gasteiger partial charge in [-0.15, -0.1) is 0 Å². The van der Waals surface area contributed by atoms with Gasteiger partial charge < -0.3 is 4.42 Å². The minimum absolute atomic E-state index is 0.836. The third kappa shape index (κ3) is 3.50. The van der Waals surface area contributed by atoms with Gasteiger partial charge in [0.1, 0.15) is 11.2 Å². The van der Waals surface area contributed by atoms with Gasteiger partial charge in [-0.25, -0.2) is 0 Å². The Kier molecular flexibility index (Phi) is 4.79. The fraction of sp³-hybridized carbons (Fsp3) is 0.233. The quantitative estimate of drug-likeness (QED) is 0.294. The maximum Gasteiger partial charge on any atom is 0.136 e. The summed E-state index contributed by atoms with van der Waals surface area (Å²) < 4.78 is 6.22. The van der Waals surface area contributed by atoms with Crippen LogP contribution in [0.2, 0.25) is 0 Å². The molecule has 0 radical (unpaired) electrons. The van der Waals surface area contributed by atoms with Crippen LogP contribution in [0.25, 0.3) is 44.3 Å². The molecule has 6 rings (SSSR count). The fourth-order valence-electron chi connectivity index (χ4n) is 5.27. The van der Waals surface area contributed by atoms with Crippen molar-refractivity contribution in [3.8, 4) is 22.4 Å². The first-order chi connectivity index (χ1) is 15.7. The van der Waals surface area contributed by atoms with Crippen LogP contribution in [0, 0.1) is 12.8 Å². The zero-order valence-corrected chi connectivity index (χ0v) is 18.5. The Morgan fingerprint density at radius 2 is 1.66 bits per heavy atom. The maximum absolute atomic E-state index is 6.22. The van der Waals surface area contributed by atoms with Crippen LogP contribution < -0.4 is 0 Å². The molecular weight excluding hydrogens is 390 g/mol. The van der Waals surface area contributed by atoms with Crippen molar-refractivity contribution in [2.45, 2.75) is 39.0 Å². The Morgan fingerprint density at radius 3 is 2.50 bits per heavy atom. The summed E-state index contributed by atoms with van der Waals surface area (Å²) in [5.41, 5.74) is 9.14. The van der Waals surface area contributed by atoms with Gasteiger partial charge in [0.05, 0.1) is 5.69 Å². The van der Waals surface area contributed by atoms with Crippen LogP contribution in [0.1, 0.15) is 36.8 Å². The highest BCUT2D eigenvalue weighted by Gasteiger charge is 2.17. The molecule has 1 aliphatic carbocycles. The fourth-order valence-corrected chi connectivity index (χ4v) is 5.27. The number of aryl methyl sites for hydroxylation is 1. The summed E-state index contributed by atoms with van der Waals surface area (Å²) in [6, 6.07) is 26.0. The Morgan fingerprint density at radius 1 is 0.844 bits per heavy atom. The molecule has 0 N–H and O–H groups in total. The van der Waals surface area contributed by atoms with E-state index in [0.717, 1.165) is 33.7 Å². The number of hydrogen-bond donors (Lipinski definition) is 0. The smallest absolute Gasteiger partial charge is 0.136 e. The first kappa shape index (κ1) is 19.3. The zero-order valence-electron chi connectivity index (χ0n) is 18.5. The van der Waals surface area contributed by atoms with E-state index in [0.29, 0.717) is 0 Å². The molecule has 0 aliphatic heterocycles. The second kappa shape index (κ2) is 7.94. The lowest BCUT2D eigenvalue weighted by Gasteiger charge is -2.10. The molecule has 2 aromatic heterocycles. The molecule has 2 heteroatoms. The number of benzene rings is 3. The summed E-state index contributed by atoms with van der Waals surface area (Å²) >= 11 is 0. The molecule has 1 saturated carbocycles. The van der Waals surface area contributed by atoms with Crippen LogP contribution in [0.15, 0.2) is 83.4 Å². The van der Waals surface area contributed by atoms with Crippen molar-refractivity contribution < 1.29 is 4.42 Å². The largest absolute Gasteiger partial charge is 0.456 e. The molecular formula is C30H27NO. The van der Waals surface area contributed by atoms with E-state index in [1.807, 2.05) is 6.20 Å². The van der Waals surface area contributed by atoms with E-state index in [-0.39, 0.29) is 0 Å². The van der Waals surface area contributed by atoms with Crippen molar-refractivity contribution >= 4 is 21.9 Å². The second-order valence-electron chi connectivity index (χ2n) is 9.26. The van der Waals surface area contributed by atoms with Crippen molar-refractivity contribution in [3.63, 3.8) is 0 Å². The van der Waals surface area contributed by atoms with Crippen LogP contribution in [0.3, 0.4) is 0 Å². The number of aromatic nitrogens is 1. The highest BCUT2D eigenvalue weighted by molar-refractivity contribution is 6.13. The van der Waals surface area contributed by atoms with Crippen molar-refractivity contribution in [1.29, 1.82) is 0 Å². The van der Waals surface area contributed by atoms with Gasteiger partial charge in [-0.2, -0.15) is 0 Å². The summed E-state index contributed by atoms with van der Waals surface area (Å²) in [4.78, 5) is 4.72. The molecule has 0 bridgehead atoms. The van der Waals surface area contributed by atoms with Crippen LogP contribution in [-0.2, 0) is 6.42 Å². The molecule has 158 valence electrons. The molecule has 2 heterocycles. The van der Waals surface area contributed by atoms with E-state index in [1.165, 1.54) is 59.7 Å². The van der Waals surface area contributed by atoms with Gasteiger partial charge in [0, 0.05) is 22.5 Å². The second-order valence-corrected chi connectivity index (χ2v) is 9.26. The summed E-state index contributed by atoms with van der Waals surface area (Å²) in [5.74, 6) is 0.836. The van der Waals surface area contributed by atoms with Crippen molar-refractivity contribution in [3.05, 3.63) is 90.1 Å². The number of furan rings is 1. The van der Waals surface area contributed by atoms with Gasteiger partial charge in [-0.3, -0.25) is 4.98 Å². The molecule has 1 aliphatic rings. The Balaban J connectivity index is 1.46. The molecule has 1 fully saturated rings. The molecule has 0 atom stereocenters. The lowest BCUT2D eigenvalue weighted by Crippen LogP contribution is -1.99. The van der Waals surface area contributed by atoms with E-state index < -0.39 is 0 Å². The van der Waals surface area contributed by atoms with E-state index in [4.69, 9.17) is 9.40 Å². The van der Waals surface area contributed by atoms with Crippen molar-refractivity contribution in [1.82, 2.24) is 4.98 Å². The van der Waals surface area contributed by atoms with Crippen LogP contribution in [-0.4, -0.2) is 4.98 Å². The molecule has 0 saturated heterocycles. The van der Waals surface area contributed by atoms with Crippen LogP contribution >= 0.6 is 0 Å². The molecule has 0 amide bonds. The Bertz CT molecular complexity index is 1400. The third-order valence-electron chi connectivity index (χ3n) is 6.98. The number of nitrogens with zero attached hydrogens (tertiary/aromatic N) is 1. The van der Waals surface area contributed by atoms with E-state index >= 15 is 0 Å². The molecule has 32 heavy (non-hydrogen) atoms.